The molecule has 128 valence electrons. The van der Waals surface area contributed by atoms with Crippen LogP contribution in [0, 0.1) is 0 Å². The molecule has 0 radical (unpaired) electrons. The number of hydrogen-bond donors (Lipinski definition) is 1. The number of nitrogens with zero attached hydrogens (tertiary/aromatic N) is 5. The molecule has 3 heterocycles. The minimum absolute atomic E-state index is 0. The molecule has 2 bridgehead atoms. The Labute approximate surface area is 160 Å². The first-order chi connectivity index (χ1) is 10.6. The van der Waals surface area contributed by atoms with E-state index in [1.54, 1.807) is 21.1 Å². The Morgan fingerprint density at radius 3 is 2.62 bits per heavy atom. The third kappa shape index (κ3) is 2.93. The number of carbonyl (C=O) groups is 2. The molecule has 2 unspecified atom stereocenters. The van der Waals surface area contributed by atoms with Crippen LogP contribution in [0.25, 0.3) is 0 Å². The van der Waals surface area contributed by atoms with Crippen LogP contribution in [-0.4, -0.2) is 99.7 Å². The molecule has 3 rings (SSSR count). The molecule has 0 saturated carbocycles. The summed E-state index contributed by atoms with van der Waals surface area (Å²) in [6.45, 7) is 0.0529. The van der Waals surface area contributed by atoms with Gasteiger partial charge in [0.1, 0.15) is 6.04 Å². The molecule has 1 aromatic heterocycles. The first-order valence-electron chi connectivity index (χ1n) is 6.61. The fourth-order valence-electron chi connectivity index (χ4n) is 2.92. The number of fused-ring (bicyclic) bond motifs is 4. The van der Waals surface area contributed by atoms with Crippen LogP contribution in [0.15, 0.2) is 6.20 Å². The topological polar surface area (TPSA) is 125 Å². The number of hydroxylamine groups is 2. The average Bonchev–Trinajstić information content (AvgIpc) is 2.93. The van der Waals surface area contributed by atoms with Crippen LogP contribution in [0.3, 0.4) is 0 Å². The van der Waals surface area contributed by atoms with Crippen molar-refractivity contribution in [3.63, 3.8) is 0 Å². The van der Waals surface area contributed by atoms with Crippen LogP contribution < -0.4 is 0 Å². The standard InChI is InChI=1S/C11H15N5O6S.Na.H/c1-13(2)10(17)9-8-6(4-12-14(8)3)7-5-15(9)11(18)16(7)22-23(19,20)21;;/h4,7,9H,5H2,1-3H3,(H,19,20,21);;. The van der Waals surface area contributed by atoms with Gasteiger partial charge in [0.2, 0.25) is 0 Å². The van der Waals surface area contributed by atoms with Crippen LogP contribution in [0.5, 0.6) is 0 Å². The zero-order valence-electron chi connectivity index (χ0n) is 12.6. The number of likely N-dealkylation sites (N-methyl/N-ethyl adjacent to an activating group) is 1. The summed E-state index contributed by atoms with van der Waals surface area (Å²) in [5, 5.41) is 4.63. The Kier molecular flexibility index (Phi) is 5.01. The van der Waals surface area contributed by atoms with E-state index in [1.165, 1.54) is 20.7 Å². The van der Waals surface area contributed by atoms with E-state index in [2.05, 4.69) is 9.38 Å². The number of aryl methyl sites for hydroxylation is 1. The second-order valence-corrected chi connectivity index (χ2v) is 6.53. The van der Waals surface area contributed by atoms with Crippen LogP contribution in [0.2, 0.25) is 0 Å². The van der Waals surface area contributed by atoms with E-state index in [-0.39, 0.29) is 42.0 Å². The molecule has 1 N–H and O–H groups in total. The van der Waals surface area contributed by atoms with Crippen molar-refractivity contribution in [2.75, 3.05) is 20.6 Å². The van der Waals surface area contributed by atoms with Crippen LogP contribution in [0.4, 0.5) is 4.79 Å². The first-order valence-corrected chi connectivity index (χ1v) is 7.98. The summed E-state index contributed by atoms with van der Waals surface area (Å²) < 4.78 is 36.7. The van der Waals surface area contributed by atoms with Crippen molar-refractivity contribution in [1.29, 1.82) is 0 Å². The van der Waals surface area contributed by atoms with E-state index in [1.807, 2.05) is 0 Å². The van der Waals surface area contributed by atoms with Crippen molar-refractivity contribution >= 4 is 51.9 Å². The number of hydrogen-bond acceptors (Lipinski definition) is 6. The Hall–Kier alpha value is -1.18. The molecule has 1 aromatic rings. The molecule has 0 aromatic carbocycles. The van der Waals surface area contributed by atoms with Crippen molar-refractivity contribution in [3.8, 4) is 0 Å². The fraction of sp³-hybridized carbons (Fsp3) is 0.545. The second-order valence-electron chi connectivity index (χ2n) is 5.52. The summed E-state index contributed by atoms with van der Waals surface area (Å²) in [5.74, 6) is -0.352. The molecule has 1 fully saturated rings. The zero-order chi connectivity index (χ0) is 17.1. The number of rotatable bonds is 3. The summed E-state index contributed by atoms with van der Waals surface area (Å²) in [5.41, 5.74) is 0.980. The van der Waals surface area contributed by atoms with Gasteiger partial charge in [-0.3, -0.25) is 14.0 Å². The summed E-state index contributed by atoms with van der Waals surface area (Å²) in [4.78, 5) is 27.5. The molecular weight excluding hydrogens is 353 g/mol. The Balaban J connectivity index is 0.00000208. The van der Waals surface area contributed by atoms with Gasteiger partial charge in [-0.25, -0.2) is 4.79 Å². The van der Waals surface area contributed by atoms with E-state index in [4.69, 9.17) is 4.55 Å². The van der Waals surface area contributed by atoms with E-state index >= 15 is 0 Å². The molecular formula is C11H16N5NaO6S. The second kappa shape index (κ2) is 6.28. The van der Waals surface area contributed by atoms with Gasteiger partial charge in [-0.05, 0) is 0 Å². The molecule has 2 atom stereocenters. The van der Waals surface area contributed by atoms with E-state index in [0.717, 1.165) is 0 Å². The van der Waals surface area contributed by atoms with E-state index in [9.17, 15) is 18.0 Å². The van der Waals surface area contributed by atoms with Gasteiger partial charge in [-0.15, -0.1) is 4.28 Å². The predicted octanol–water partition coefficient (Wildman–Crippen LogP) is -1.57. The van der Waals surface area contributed by atoms with Crippen molar-refractivity contribution in [2.45, 2.75) is 12.1 Å². The average molecular weight is 369 g/mol. The van der Waals surface area contributed by atoms with Gasteiger partial charge in [-0.1, -0.05) is 0 Å². The van der Waals surface area contributed by atoms with Crippen molar-refractivity contribution in [1.82, 2.24) is 24.6 Å². The summed E-state index contributed by atoms with van der Waals surface area (Å²) in [6, 6.07) is -2.53. The minimum atomic E-state index is -4.87. The van der Waals surface area contributed by atoms with Crippen LogP contribution >= 0.6 is 0 Å². The van der Waals surface area contributed by atoms with Gasteiger partial charge in [0, 0.05) is 26.7 Å². The Morgan fingerprint density at radius 2 is 2.08 bits per heavy atom. The van der Waals surface area contributed by atoms with Gasteiger partial charge in [-0.2, -0.15) is 18.6 Å². The molecule has 3 amide bonds. The number of amides is 3. The quantitative estimate of drug-likeness (QED) is 0.504. The molecule has 24 heavy (non-hydrogen) atoms. The number of urea groups is 1. The maximum atomic E-state index is 12.5. The molecule has 2 aliphatic heterocycles. The van der Waals surface area contributed by atoms with Crippen molar-refractivity contribution in [3.05, 3.63) is 17.5 Å². The number of aromatic nitrogens is 2. The van der Waals surface area contributed by atoms with Crippen LogP contribution in [0.1, 0.15) is 23.3 Å². The Morgan fingerprint density at radius 1 is 1.46 bits per heavy atom. The third-order valence-corrected chi connectivity index (χ3v) is 4.23. The summed E-state index contributed by atoms with van der Waals surface area (Å²) >= 11 is 0. The third-order valence-electron chi connectivity index (χ3n) is 3.88. The predicted molar refractivity (Wildman–Crippen MR) is 81.1 cm³/mol. The Bertz CT molecular complexity index is 793. The van der Waals surface area contributed by atoms with Crippen molar-refractivity contribution < 1.29 is 26.8 Å². The van der Waals surface area contributed by atoms with Gasteiger partial charge in [0.05, 0.1) is 18.4 Å². The van der Waals surface area contributed by atoms with Gasteiger partial charge in [0.25, 0.3) is 5.91 Å². The summed E-state index contributed by atoms with van der Waals surface area (Å²) in [6.07, 6.45) is 1.45. The van der Waals surface area contributed by atoms with E-state index < -0.39 is 28.5 Å². The molecule has 1 saturated heterocycles. The molecule has 0 aliphatic carbocycles. The van der Waals surface area contributed by atoms with Crippen LogP contribution in [-0.2, 0) is 26.5 Å². The first kappa shape index (κ1) is 19.1. The van der Waals surface area contributed by atoms with Gasteiger partial charge in [0.15, 0.2) is 6.04 Å². The van der Waals surface area contributed by atoms with Gasteiger partial charge >= 0.3 is 46.0 Å². The van der Waals surface area contributed by atoms with Crippen molar-refractivity contribution in [2.24, 2.45) is 7.05 Å². The SMILES string of the molecule is CN(C)C(=O)C1c2c(cnn2C)C2CN1C(=O)N2OS(=O)(=O)O.[NaH]. The number of carbonyl (C=O) groups excluding carboxylic acids is 2. The summed E-state index contributed by atoms with van der Waals surface area (Å²) in [7, 11) is -0.143. The van der Waals surface area contributed by atoms with Gasteiger partial charge < -0.3 is 9.80 Å². The maximum absolute atomic E-state index is 12.5. The molecule has 0 spiro atoms. The van der Waals surface area contributed by atoms with E-state index in [0.29, 0.717) is 16.3 Å². The fourth-order valence-corrected chi connectivity index (χ4v) is 3.29. The molecule has 2 aliphatic rings. The molecule has 11 nitrogen and oxygen atoms in total. The molecule has 13 heteroatoms. The monoisotopic (exact) mass is 369 g/mol. The normalized spacial score (nSPS) is 22.2. The zero-order valence-corrected chi connectivity index (χ0v) is 13.4.